The molecule has 2 rings (SSSR count). The van der Waals surface area contributed by atoms with E-state index in [2.05, 4.69) is 5.32 Å². The van der Waals surface area contributed by atoms with Crippen LogP contribution >= 0.6 is 11.3 Å². The highest BCUT2D eigenvalue weighted by atomic mass is 32.1. The number of amides is 1. The van der Waals surface area contributed by atoms with Crippen LogP contribution in [0.3, 0.4) is 0 Å². The van der Waals surface area contributed by atoms with Gasteiger partial charge >= 0.3 is 0 Å². The van der Waals surface area contributed by atoms with E-state index >= 15 is 0 Å². The largest absolute Gasteiger partial charge is 0.504 e. The third-order valence-electron chi connectivity index (χ3n) is 2.50. The summed E-state index contributed by atoms with van der Waals surface area (Å²) in [6.45, 7) is 0.492. The van der Waals surface area contributed by atoms with Gasteiger partial charge in [0.2, 0.25) is 0 Å². The lowest BCUT2D eigenvalue weighted by molar-refractivity contribution is -0.123. The van der Waals surface area contributed by atoms with Crippen molar-refractivity contribution in [1.29, 1.82) is 0 Å². The molecule has 0 atom stereocenters. The van der Waals surface area contributed by atoms with Gasteiger partial charge in [0.1, 0.15) is 0 Å². The molecule has 0 aliphatic carbocycles. The Hall–Kier alpha value is -2.01. The number of para-hydroxylation sites is 2. The van der Waals surface area contributed by atoms with Gasteiger partial charge in [0.15, 0.2) is 18.1 Å². The van der Waals surface area contributed by atoms with E-state index in [4.69, 9.17) is 4.74 Å². The zero-order valence-electron chi connectivity index (χ0n) is 10.3. The molecule has 0 fully saturated rings. The minimum absolute atomic E-state index is 0.0360. The van der Waals surface area contributed by atoms with Gasteiger partial charge in [-0.2, -0.15) is 0 Å². The Morgan fingerprint density at radius 3 is 2.84 bits per heavy atom. The summed E-state index contributed by atoms with van der Waals surface area (Å²) in [6, 6.07) is 10.6. The lowest BCUT2D eigenvalue weighted by Crippen LogP contribution is -2.30. The summed E-state index contributed by atoms with van der Waals surface area (Å²) in [5.41, 5.74) is 0. The second kappa shape index (κ2) is 6.80. The van der Waals surface area contributed by atoms with Crippen molar-refractivity contribution < 1.29 is 14.6 Å². The van der Waals surface area contributed by atoms with E-state index in [1.165, 1.54) is 10.9 Å². The predicted molar refractivity (Wildman–Crippen MR) is 74.6 cm³/mol. The highest BCUT2D eigenvalue weighted by Gasteiger charge is 2.05. The average molecular weight is 277 g/mol. The number of hydrogen-bond acceptors (Lipinski definition) is 4. The minimum atomic E-state index is -0.195. The van der Waals surface area contributed by atoms with Crippen molar-refractivity contribution in [1.82, 2.24) is 5.32 Å². The lowest BCUT2D eigenvalue weighted by atomic mass is 10.3. The first-order valence-electron chi connectivity index (χ1n) is 5.95. The fraction of sp³-hybridized carbons (Fsp3) is 0.214. The van der Waals surface area contributed by atoms with Gasteiger partial charge in [-0.15, -0.1) is 11.3 Å². The van der Waals surface area contributed by atoms with Crippen LogP contribution < -0.4 is 10.1 Å². The van der Waals surface area contributed by atoms with E-state index in [-0.39, 0.29) is 18.3 Å². The molecule has 4 nitrogen and oxygen atoms in total. The van der Waals surface area contributed by atoms with Gasteiger partial charge in [0.25, 0.3) is 5.91 Å². The quantitative estimate of drug-likeness (QED) is 0.851. The number of carbonyl (C=O) groups is 1. The summed E-state index contributed by atoms with van der Waals surface area (Å²) in [4.78, 5) is 12.8. The van der Waals surface area contributed by atoms with Crippen LogP contribution in [-0.2, 0) is 11.2 Å². The van der Waals surface area contributed by atoms with Gasteiger partial charge in [0.05, 0.1) is 0 Å². The molecule has 0 aliphatic heterocycles. The number of hydrogen-bond donors (Lipinski definition) is 2. The van der Waals surface area contributed by atoms with Crippen LogP contribution in [0.25, 0.3) is 0 Å². The van der Waals surface area contributed by atoms with Crippen molar-refractivity contribution in [3.63, 3.8) is 0 Å². The van der Waals surface area contributed by atoms with Crippen molar-refractivity contribution in [2.24, 2.45) is 0 Å². The normalized spacial score (nSPS) is 10.1. The molecule has 1 aromatic heterocycles. The maximum Gasteiger partial charge on any atom is 0.257 e. The Balaban J connectivity index is 1.69. The number of ether oxygens (including phenoxy) is 1. The van der Waals surface area contributed by atoms with Crippen LogP contribution in [0, 0.1) is 0 Å². The molecule has 2 aromatic rings. The Bertz CT molecular complexity index is 525. The highest BCUT2D eigenvalue weighted by molar-refractivity contribution is 7.09. The molecule has 2 N–H and O–H groups in total. The third-order valence-corrected chi connectivity index (χ3v) is 3.43. The van der Waals surface area contributed by atoms with E-state index in [1.807, 2.05) is 17.5 Å². The van der Waals surface area contributed by atoms with Crippen LogP contribution in [0.15, 0.2) is 41.8 Å². The van der Waals surface area contributed by atoms with Crippen LogP contribution in [0.2, 0.25) is 0 Å². The minimum Gasteiger partial charge on any atom is -0.504 e. The second-order valence-corrected chi connectivity index (χ2v) is 4.97. The molecule has 0 bridgehead atoms. The Labute approximate surface area is 115 Å². The third kappa shape index (κ3) is 4.30. The maximum absolute atomic E-state index is 11.5. The van der Waals surface area contributed by atoms with Crippen LogP contribution in [0.5, 0.6) is 11.5 Å². The van der Waals surface area contributed by atoms with E-state index in [1.54, 1.807) is 29.5 Å². The second-order valence-electron chi connectivity index (χ2n) is 3.94. The van der Waals surface area contributed by atoms with E-state index in [9.17, 15) is 9.90 Å². The molecule has 1 heterocycles. The van der Waals surface area contributed by atoms with Crippen LogP contribution in [0.1, 0.15) is 4.88 Å². The molecule has 0 aliphatic rings. The van der Waals surface area contributed by atoms with Crippen molar-refractivity contribution in [3.05, 3.63) is 46.7 Å². The SMILES string of the molecule is O=C(COc1ccccc1O)NCCc1cccs1. The number of nitrogens with one attached hydrogen (secondary N) is 1. The van der Waals surface area contributed by atoms with Crippen LogP contribution in [-0.4, -0.2) is 24.2 Å². The molecule has 0 spiro atoms. The zero-order valence-corrected chi connectivity index (χ0v) is 11.2. The van der Waals surface area contributed by atoms with Gasteiger partial charge in [-0.3, -0.25) is 4.79 Å². The Kier molecular flexibility index (Phi) is 4.80. The first-order valence-corrected chi connectivity index (χ1v) is 6.83. The molecular formula is C14H15NO3S. The number of aromatic hydroxyl groups is 1. The van der Waals surface area contributed by atoms with E-state index < -0.39 is 0 Å². The van der Waals surface area contributed by atoms with Crippen molar-refractivity contribution in [2.45, 2.75) is 6.42 Å². The van der Waals surface area contributed by atoms with E-state index in [0.717, 1.165) is 6.42 Å². The van der Waals surface area contributed by atoms with Crippen LogP contribution in [0.4, 0.5) is 0 Å². The Morgan fingerprint density at radius 2 is 2.11 bits per heavy atom. The fourth-order valence-electron chi connectivity index (χ4n) is 1.55. The van der Waals surface area contributed by atoms with Crippen molar-refractivity contribution in [3.8, 4) is 11.5 Å². The number of benzene rings is 1. The molecule has 0 radical (unpaired) electrons. The molecule has 0 saturated carbocycles. The summed E-state index contributed by atoms with van der Waals surface area (Å²) in [7, 11) is 0. The van der Waals surface area contributed by atoms with Crippen molar-refractivity contribution >= 4 is 17.2 Å². The molecule has 1 amide bonds. The first kappa shape index (κ1) is 13.4. The summed E-state index contributed by atoms with van der Waals surface area (Å²) >= 11 is 1.67. The molecule has 0 saturated heterocycles. The smallest absolute Gasteiger partial charge is 0.257 e. The number of carbonyl (C=O) groups excluding carboxylic acids is 1. The molecule has 0 unspecified atom stereocenters. The van der Waals surface area contributed by atoms with Gasteiger partial charge in [-0.25, -0.2) is 0 Å². The topological polar surface area (TPSA) is 58.6 Å². The first-order chi connectivity index (χ1) is 9.25. The zero-order chi connectivity index (χ0) is 13.5. The number of thiophene rings is 1. The fourth-order valence-corrected chi connectivity index (χ4v) is 2.26. The molecular weight excluding hydrogens is 262 g/mol. The summed E-state index contributed by atoms with van der Waals surface area (Å²) in [5, 5.41) is 14.3. The van der Waals surface area contributed by atoms with Gasteiger partial charge in [-0.05, 0) is 30.0 Å². The predicted octanol–water partition coefficient (Wildman–Crippen LogP) is 2.19. The number of phenols is 1. The Morgan fingerprint density at radius 1 is 1.26 bits per heavy atom. The van der Waals surface area contributed by atoms with Gasteiger partial charge < -0.3 is 15.2 Å². The standard InChI is InChI=1S/C14H15NO3S/c16-12-5-1-2-6-13(12)18-10-14(17)15-8-7-11-4-3-9-19-11/h1-6,9,16H,7-8,10H2,(H,15,17). The highest BCUT2D eigenvalue weighted by Crippen LogP contribution is 2.23. The van der Waals surface area contributed by atoms with E-state index in [0.29, 0.717) is 12.3 Å². The number of phenolic OH excluding ortho intramolecular Hbond substituents is 1. The van der Waals surface area contributed by atoms with Gasteiger partial charge in [0, 0.05) is 11.4 Å². The number of rotatable bonds is 6. The van der Waals surface area contributed by atoms with Crippen molar-refractivity contribution in [2.75, 3.05) is 13.2 Å². The summed E-state index contributed by atoms with van der Waals surface area (Å²) in [5.74, 6) is 0.157. The molecule has 100 valence electrons. The summed E-state index contributed by atoms with van der Waals surface area (Å²) in [6.07, 6.45) is 0.819. The summed E-state index contributed by atoms with van der Waals surface area (Å²) < 4.78 is 5.23. The lowest BCUT2D eigenvalue weighted by Gasteiger charge is -2.08. The maximum atomic E-state index is 11.5. The molecule has 19 heavy (non-hydrogen) atoms. The molecule has 1 aromatic carbocycles. The molecule has 5 heteroatoms. The van der Waals surface area contributed by atoms with Gasteiger partial charge in [-0.1, -0.05) is 18.2 Å². The average Bonchev–Trinajstić information content (AvgIpc) is 2.91. The monoisotopic (exact) mass is 277 g/mol.